The average molecular weight is 265 g/mol. The molecule has 0 bridgehead atoms. The van der Waals surface area contributed by atoms with E-state index in [1.807, 2.05) is 0 Å². The van der Waals surface area contributed by atoms with Gasteiger partial charge >= 0.3 is 5.97 Å². The van der Waals surface area contributed by atoms with Gasteiger partial charge in [-0.1, -0.05) is 13.8 Å². The summed E-state index contributed by atoms with van der Waals surface area (Å²) in [6.07, 6.45) is 1.07. The maximum absolute atomic E-state index is 12.2. The van der Waals surface area contributed by atoms with Crippen LogP contribution < -0.4 is 0 Å². The molecule has 1 aliphatic carbocycles. The average Bonchev–Trinajstić information content (AvgIpc) is 2.91. The smallest absolute Gasteiger partial charge is 0.376 e. The SMILES string of the molecule is Cc1nc(C)c(C(=O)O[C@@H]2[C@H]3CCO[C@H]3C2(C)C)o1. The highest BCUT2D eigenvalue weighted by Crippen LogP contribution is 2.53. The molecule has 19 heavy (non-hydrogen) atoms. The van der Waals surface area contributed by atoms with E-state index in [1.54, 1.807) is 13.8 Å². The molecule has 1 aromatic rings. The monoisotopic (exact) mass is 265 g/mol. The molecule has 1 saturated carbocycles. The van der Waals surface area contributed by atoms with E-state index in [9.17, 15) is 4.79 Å². The zero-order valence-corrected chi connectivity index (χ0v) is 11.7. The molecule has 5 nitrogen and oxygen atoms in total. The molecule has 1 aliphatic heterocycles. The van der Waals surface area contributed by atoms with Gasteiger partial charge < -0.3 is 13.9 Å². The largest absolute Gasteiger partial charge is 0.455 e. The van der Waals surface area contributed by atoms with Crippen LogP contribution in [0.5, 0.6) is 0 Å². The summed E-state index contributed by atoms with van der Waals surface area (Å²) in [7, 11) is 0. The Morgan fingerprint density at radius 1 is 1.42 bits per heavy atom. The third-order valence-electron chi connectivity index (χ3n) is 4.32. The highest BCUT2D eigenvalue weighted by atomic mass is 16.6. The summed E-state index contributed by atoms with van der Waals surface area (Å²) in [5.74, 6) is 0.611. The van der Waals surface area contributed by atoms with Crippen molar-refractivity contribution in [3.8, 4) is 0 Å². The van der Waals surface area contributed by atoms with Crippen LogP contribution in [0.2, 0.25) is 0 Å². The number of rotatable bonds is 2. The minimum absolute atomic E-state index is 0.0997. The lowest BCUT2D eigenvalue weighted by Gasteiger charge is -2.52. The van der Waals surface area contributed by atoms with Gasteiger partial charge in [-0.25, -0.2) is 9.78 Å². The van der Waals surface area contributed by atoms with E-state index in [-0.39, 0.29) is 23.4 Å². The van der Waals surface area contributed by atoms with Gasteiger partial charge in [0.2, 0.25) is 5.76 Å². The number of aryl methyl sites for hydroxylation is 2. The molecule has 3 atom stereocenters. The zero-order chi connectivity index (χ0) is 13.8. The van der Waals surface area contributed by atoms with E-state index in [0.717, 1.165) is 13.0 Å². The van der Waals surface area contributed by atoms with E-state index in [4.69, 9.17) is 13.9 Å². The number of aromatic nitrogens is 1. The summed E-state index contributed by atoms with van der Waals surface area (Å²) >= 11 is 0. The first-order valence-corrected chi connectivity index (χ1v) is 6.68. The van der Waals surface area contributed by atoms with Gasteiger partial charge in [-0.2, -0.15) is 0 Å². The van der Waals surface area contributed by atoms with Crippen LogP contribution in [-0.2, 0) is 9.47 Å². The van der Waals surface area contributed by atoms with Gasteiger partial charge in [-0.3, -0.25) is 0 Å². The summed E-state index contributed by atoms with van der Waals surface area (Å²) in [4.78, 5) is 16.3. The molecule has 2 fully saturated rings. The molecule has 0 spiro atoms. The van der Waals surface area contributed by atoms with Crippen molar-refractivity contribution in [3.63, 3.8) is 0 Å². The van der Waals surface area contributed by atoms with Crippen LogP contribution in [0.3, 0.4) is 0 Å². The van der Waals surface area contributed by atoms with Gasteiger partial charge in [0.1, 0.15) is 6.10 Å². The van der Waals surface area contributed by atoms with Crippen LogP contribution >= 0.6 is 0 Å². The number of carbonyl (C=O) groups is 1. The predicted molar refractivity (Wildman–Crippen MR) is 66.8 cm³/mol. The van der Waals surface area contributed by atoms with Gasteiger partial charge in [-0.05, 0) is 13.3 Å². The summed E-state index contributed by atoms with van der Waals surface area (Å²) in [5, 5.41) is 0. The van der Waals surface area contributed by atoms with Gasteiger partial charge in [0.25, 0.3) is 0 Å². The molecule has 0 unspecified atom stereocenters. The molecule has 1 aromatic heterocycles. The molecule has 2 heterocycles. The fourth-order valence-electron chi connectivity index (χ4n) is 3.41. The topological polar surface area (TPSA) is 61.6 Å². The third-order valence-corrected chi connectivity index (χ3v) is 4.32. The molecule has 1 saturated heterocycles. The van der Waals surface area contributed by atoms with Gasteiger partial charge in [-0.15, -0.1) is 0 Å². The lowest BCUT2D eigenvalue weighted by atomic mass is 9.59. The van der Waals surface area contributed by atoms with Crippen LogP contribution in [0.15, 0.2) is 4.42 Å². The van der Waals surface area contributed by atoms with Crippen molar-refractivity contribution in [2.45, 2.75) is 46.3 Å². The number of esters is 1. The molecule has 5 heteroatoms. The van der Waals surface area contributed by atoms with Crippen LogP contribution in [0.25, 0.3) is 0 Å². The molecule has 104 valence electrons. The van der Waals surface area contributed by atoms with Crippen molar-refractivity contribution in [2.75, 3.05) is 6.61 Å². The Balaban J connectivity index is 1.75. The van der Waals surface area contributed by atoms with Crippen molar-refractivity contribution in [1.29, 1.82) is 0 Å². The molecule has 0 radical (unpaired) electrons. The maximum Gasteiger partial charge on any atom is 0.376 e. The first-order chi connectivity index (χ1) is 8.91. The summed E-state index contributed by atoms with van der Waals surface area (Å²) in [6.45, 7) is 8.39. The Morgan fingerprint density at radius 2 is 2.16 bits per heavy atom. The number of hydrogen-bond acceptors (Lipinski definition) is 5. The second-order valence-corrected chi connectivity index (χ2v) is 6.04. The van der Waals surface area contributed by atoms with Crippen molar-refractivity contribution in [3.05, 3.63) is 17.3 Å². The molecule has 0 N–H and O–H groups in total. The molecular formula is C14H19NO4. The van der Waals surface area contributed by atoms with Crippen molar-refractivity contribution < 1.29 is 18.7 Å². The number of hydrogen-bond donors (Lipinski definition) is 0. The Hall–Kier alpha value is -1.36. The van der Waals surface area contributed by atoms with E-state index >= 15 is 0 Å². The summed E-state index contributed by atoms with van der Waals surface area (Å²) in [5.41, 5.74) is 0.457. The highest BCUT2D eigenvalue weighted by Gasteiger charge is 2.61. The minimum atomic E-state index is -0.415. The highest BCUT2D eigenvalue weighted by molar-refractivity contribution is 5.87. The molecule has 2 aliphatic rings. The lowest BCUT2D eigenvalue weighted by molar-refractivity contribution is -0.183. The second-order valence-electron chi connectivity index (χ2n) is 6.04. The van der Waals surface area contributed by atoms with Crippen LogP contribution in [-0.4, -0.2) is 29.8 Å². The normalized spacial score (nSPS) is 31.7. The number of nitrogens with zero attached hydrogens (tertiary/aromatic N) is 1. The fourth-order valence-corrected chi connectivity index (χ4v) is 3.41. The third kappa shape index (κ3) is 1.79. The summed E-state index contributed by atoms with van der Waals surface area (Å²) < 4.78 is 16.6. The molecule has 3 rings (SSSR count). The van der Waals surface area contributed by atoms with E-state index in [0.29, 0.717) is 17.5 Å². The predicted octanol–water partition coefficient (Wildman–Crippen LogP) is 2.26. The van der Waals surface area contributed by atoms with Crippen LogP contribution in [0, 0.1) is 25.2 Å². The standard InChI is InChI=1S/C14H19NO4/c1-7-10(18-8(2)15-7)13(16)19-12-9-5-6-17-11(9)14(12,3)4/h9,11-12H,5-6H2,1-4H3/t9-,11+,12+/m0/s1. The maximum atomic E-state index is 12.2. The quantitative estimate of drug-likeness (QED) is 0.767. The van der Waals surface area contributed by atoms with Crippen LogP contribution in [0.1, 0.15) is 42.4 Å². The Kier molecular flexibility index (Phi) is 2.71. The molecule has 0 aromatic carbocycles. The Labute approximate surface area is 112 Å². The Morgan fingerprint density at radius 3 is 2.79 bits per heavy atom. The lowest BCUT2D eigenvalue weighted by Crippen LogP contribution is -2.61. The van der Waals surface area contributed by atoms with Crippen molar-refractivity contribution in [2.24, 2.45) is 11.3 Å². The van der Waals surface area contributed by atoms with Crippen molar-refractivity contribution in [1.82, 2.24) is 4.98 Å². The molecular weight excluding hydrogens is 246 g/mol. The number of carbonyl (C=O) groups excluding carboxylic acids is 1. The summed E-state index contributed by atoms with van der Waals surface area (Å²) in [6, 6.07) is 0. The van der Waals surface area contributed by atoms with E-state index in [2.05, 4.69) is 18.8 Å². The van der Waals surface area contributed by atoms with Gasteiger partial charge in [0, 0.05) is 24.9 Å². The zero-order valence-electron chi connectivity index (χ0n) is 11.7. The van der Waals surface area contributed by atoms with Crippen LogP contribution in [0.4, 0.5) is 0 Å². The minimum Gasteiger partial charge on any atom is -0.455 e. The first kappa shape index (κ1) is 12.7. The second kappa shape index (κ2) is 4.07. The Bertz CT molecular complexity index is 520. The van der Waals surface area contributed by atoms with Gasteiger partial charge in [0.05, 0.1) is 11.8 Å². The van der Waals surface area contributed by atoms with E-state index in [1.165, 1.54) is 0 Å². The van der Waals surface area contributed by atoms with Crippen molar-refractivity contribution >= 4 is 5.97 Å². The fraction of sp³-hybridized carbons (Fsp3) is 0.714. The van der Waals surface area contributed by atoms with E-state index < -0.39 is 5.97 Å². The first-order valence-electron chi connectivity index (χ1n) is 6.68. The number of fused-ring (bicyclic) bond motifs is 1. The molecule has 0 amide bonds. The van der Waals surface area contributed by atoms with Gasteiger partial charge in [0.15, 0.2) is 5.89 Å². The number of oxazole rings is 1. The number of ether oxygens (including phenoxy) is 2.